The normalized spacial score (nSPS) is 9.92. The summed E-state index contributed by atoms with van der Waals surface area (Å²) in [4.78, 5) is 11.0. The summed E-state index contributed by atoms with van der Waals surface area (Å²) in [6.07, 6.45) is 0. The third kappa shape index (κ3) is 1.54. The van der Waals surface area contributed by atoms with E-state index in [4.69, 9.17) is 28.9 Å². The summed E-state index contributed by atoms with van der Waals surface area (Å²) in [5, 5.41) is 0.566. The van der Waals surface area contributed by atoms with Crippen LogP contribution in [0.2, 0.25) is 10.0 Å². The van der Waals surface area contributed by atoms with Gasteiger partial charge in [0.15, 0.2) is 5.78 Å². The van der Waals surface area contributed by atoms with Gasteiger partial charge in [-0.1, -0.05) is 23.2 Å². The number of Topliss-reactive ketones (excluding diaryl/α,β-unsaturated/α-hetero) is 1. The standard InChI is InChI=1S/C8H7Cl2NO/c1-4(12)7-5(9)2-3-6(11)8(7)10/h2-3H,11H2,1H3. The first-order chi connectivity index (χ1) is 5.54. The molecule has 0 heterocycles. The van der Waals surface area contributed by atoms with Gasteiger partial charge in [-0.2, -0.15) is 0 Å². The van der Waals surface area contributed by atoms with Crippen LogP contribution in [0.4, 0.5) is 5.69 Å². The highest BCUT2D eigenvalue weighted by Crippen LogP contribution is 2.29. The predicted molar refractivity (Wildman–Crippen MR) is 50.9 cm³/mol. The maximum Gasteiger partial charge on any atom is 0.162 e. The van der Waals surface area contributed by atoms with E-state index in [1.807, 2.05) is 0 Å². The van der Waals surface area contributed by atoms with Crippen LogP contribution in [-0.2, 0) is 0 Å². The summed E-state index contributed by atoms with van der Waals surface area (Å²) in [6, 6.07) is 3.12. The zero-order chi connectivity index (χ0) is 9.30. The molecule has 0 amide bonds. The van der Waals surface area contributed by atoms with Crippen molar-refractivity contribution < 1.29 is 4.79 Å². The van der Waals surface area contributed by atoms with Gasteiger partial charge in [-0.15, -0.1) is 0 Å². The van der Waals surface area contributed by atoms with E-state index in [-0.39, 0.29) is 10.8 Å². The number of hydrogen-bond donors (Lipinski definition) is 1. The number of benzene rings is 1. The molecule has 0 saturated heterocycles. The highest BCUT2D eigenvalue weighted by Gasteiger charge is 2.12. The van der Waals surface area contributed by atoms with Gasteiger partial charge in [0.2, 0.25) is 0 Å². The van der Waals surface area contributed by atoms with Crippen LogP contribution in [0.25, 0.3) is 0 Å². The number of nitrogen functional groups attached to an aromatic ring is 1. The molecule has 2 N–H and O–H groups in total. The van der Waals surface area contributed by atoms with Crippen molar-refractivity contribution in [1.82, 2.24) is 0 Å². The Balaban J connectivity index is 3.43. The Labute approximate surface area is 80.3 Å². The highest BCUT2D eigenvalue weighted by molar-refractivity contribution is 6.41. The molecule has 64 valence electrons. The third-order valence-electron chi connectivity index (χ3n) is 1.47. The molecule has 0 spiro atoms. The molecule has 0 aliphatic rings. The van der Waals surface area contributed by atoms with Gasteiger partial charge >= 0.3 is 0 Å². The van der Waals surface area contributed by atoms with Gasteiger partial charge in [0.25, 0.3) is 0 Å². The summed E-state index contributed by atoms with van der Waals surface area (Å²) in [6.45, 7) is 1.40. The summed E-state index contributed by atoms with van der Waals surface area (Å²) in [5.74, 6) is -0.183. The van der Waals surface area contributed by atoms with Crippen molar-refractivity contribution in [2.24, 2.45) is 0 Å². The molecular formula is C8H7Cl2NO. The number of ketones is 1. The maximum absolute atomic E-state index is 11.0. The average molecular weight is 204 g/mol. The van der Waals surface area contributed by atoms with Crippen LogP contribution in [-0.4, -0.2) is 5.78 Å². The molecule has 12 heavy (non-hydrogen) atoms. The number of hydrogen-bond acceptors (Lipinski definition) is 2. The third-order valence-corrected chi connectivity index (χ3v) is 2.20. The summed E-state index contributed by atoms with van der Waals surface area (Å²) in [5.41, 5.74) is 6.14. The molecule has 2 nitrogen and oxygen atoms in total. The summed E-state index contributed by atoms with van der Waals surface area (Å²) >= 11 is 11.5. The first-order valence-electron chi connectivity index (χ1n) is 3.28. The molecule has 0 unspecified atom stereocenters. The Kier molecular flexibility index (Phi) is 2.60. The van der Waals surface area contributed by atoms with E-state index in [2.05, 4.69) is 0 Å². The van der Waals surface area contributed by atoms with E-state index in [1.165, 1.54) is 6.92 Å². The van der Waals surface area contributed by atoms with Crippen LogP contribution >= 0.6 is 23.2 Å². The molecular weight excluding hydrogens is 197 g/mol. The minimum absolute atomic E-state index is 0.183. The Morgan fingerprint density at radius 2 is 2.00 bits per heavy atom. The highest BCUT2D eigenvalue weighted by atomic mass is 35.5. The lowest BCUT2D eigenvalue weighted by molar-refractivity contribution is 0.101. The molecule has 0 bridgehead atoms. The van der Waals surface area contributed by atoms with Gasteiger partial charge in [0, 0.05) is 0 Å². The van der Waals surface area contributed by atoms with Gasteiger partial charge in [-0.3, -0.25) is 4.79 Å². The number of nitrogens with two attached hydrogens (primary N) is 1. The van der Waals surface area contributed by atoms with Crippen molar-refractivity contribution in [3.05, 3.63) is 27.7 Å². The van der Waals surface area contributed by atoms with E-state index < -0.39 is 0 Å². The van der Waals surface area contributed by atoms with Crippen LogP contribution in [0, 0.1) is 0 Å². The van der Waals surface area contributed by atoms with Gasteiger partial charge in [-0.25, -0.2) is 0 Å². The number of rotatable bonds is 1. The fourth-order valence-electron chi connectivity index (χ4n) is 0.891. The number of anilines is 1. The molecule has 1 aromatic rings. The lowest BCUT2D eigenvalue weighted by Crippen LogP contribution is -1.98. The van der Waals surface area contributed by atoms with Gasteiger partial charge in [0.05, 0.1) is 21.3 Å². The van der Waals surface area contributed by atoms with Crippen molar-refractivity contribution in [3.8, 4) is 0 Å². The molecule has 0 aromatic heterocycles. The van der Waals surface area contributed by atoms with Gasteiger partial charge in [0.1, 0.15) is 0 Å². The lowest BCUT2D eigenvalue weighted by Gasteiger charge is -2.04. The van der Waals surface area contributed by atoms with Crippen LogP contribution in [0.3, 0.4) is 0 Å². The largest absolute Gasteiger partial charge is 0.398 e. The Hall–Kier alpha value is -0.730. The molecule has 0 aliphatic heterocycles. The van der Waals surface area contributed by atoms with Gasteiger partial charge < -0.3 is 5.73 Å². The fraction of sp³-hybridized carbons (Fsp3) is 0.125. The van der Waals surface area contributed by atoms with Crippen molar-refractivity contribution in [2.75, 3.05) is 5.73 Å². The van der Waals surface area contributed by atoms with Crippen molar-refractivity contribution in [2.45, 2.75) is 6.92 Å². The lowest BCUT2D eigenvalue weighted by atomic mass is 10.1. The van der Waals surface area contributed by atoms with E-state index >= 15 is 0 Å². The Morgan fingerprint density at radius 3 is 2.42 bits per heavy atom. The summed E-state index contributed by atoms with van der Waals surface area (Å²) < 4.78 is 0. The minimum atomic E-state index is -0.183. The topological polar surface area (TPSA) is 43.1 Å². The van der Waals surface area contributed by atoms with Crippen molar-refractivity contribution >= 4 is 34.7 Å². The quantitative estimate of drug-likeness (QED) is 0.564. The molecule has 1 aromatic carbocycles. The molecule has 0 fully saturated rings. The SMILES string of the molecule is CC(=O)c1c(Cl)ccc(N)c1Cl. The second-order valence-electron chi connectivity index (χ2n) is 2.38. The van der Waals surface area contributed by atoms with Crippen LogP contribution < -0.4 is 5.73 Å². The van der Waals surface area contributed by atoms with Gasteiger partial charge in [-0.05, 0) is 19.1 Å². The van der Waals surface area contributed by atoms with E-state index in [0.717, 1.165) is 0 Å². The molecule has 0 saturated carbocycles. The van der Waals surface area contributed by atoms with E-state index in [1.54, 1.807) is 12.1 Å². The number of halogens is 2. The summed E-state index contributed by atoms with van der Waals surface area (Å²) in [7, 11) is 0. The maximum atomic E-state index is 11.0. The number of carbonyl (C=O) groups excluding carboxylic acids is 1. The Bertz CT molecular complexity index is 336. The smallest absolute Gasteiger partial charge is 0.162 e. The average Bonchev–Trinajstić information content (AvgIpc) is 1.97. The zero-order valence-corrected chi connectivity index (χ0v) is 7.91. The first-order valence-corrected chi connectivity index (χ1v) is 4.04. The fourth-order valence-corrected chi connectivity index (χ4v) is 1.53. The molecule has 1 rings (SSSR count). The van der Waals surface area contributed by atoms with Crippen molar-refractivity contribution in [3.63, 3.8) is 0 Å². The molecule has 4 heteroatoms. The van der Waals surface area contributed by atoms with Crippen LogP contribution in [0.5, 0.6) is 0 Å². The van der Waals surface area contributed by atoms with Crippen molar-refractivity contribution in [1.29, 1.82) is 0 Å². The Morgan fingerprint density at radius 1 is 1.42 bits per heavy atom. The molecule has 0 atom stereocenters. The monoisotopic (exact) mass is 203 g/mol. The minimum Gasteiger partial charge on any atom is -0.398 e. The predicted octanol–water partition coefficient (Wildman–Crippen LogP) is 2.78. The van der Waals surface area contributed by atoms with Crippen LogP contribution in [0.15, 0.2) is 12.1 Å². The zero-order valence-electron chi connectivity index (χ0n) is 6.40. The second-order valence-corrected chi connectivity index (χ2v) is 3.17. The molecule has 0 aliphatic carbocycles. The van der Waals surface area contributed by atoms with Crippen LogP contribution in [0.1, 0.15) is 17.3 Å². The second kappa shape index (κ2) is 3.33. The first kappa shape index (κ1) is 9.36. The van der Waals surface area contributed by atoms with E-state index in [9.17, 15) is 4.79 Å². The molecule has 0 radical (unpaired) electrons. The number of carbonyl (C=O) groups is 1. The van der Waals surface area contributed by atoms with E-state index in [0.29, 0.717) is 16.3 Å².